The Balaban J connectivity index is 2.74. The second-order valence-electron chi connectivity index (χ2n) is 3.40. The molecule has 5 nitrogen and oxygen atoms in total. The Kier molecular flexibility index (Phi) is 3.42. The zero-order chi connectivity index (χ0) is 13.3. The van der Waals surface area contributed by atoms with Crippen LogP contribution in [0.4, 0.5) is 10.2 Å². The molecule has 0 saturated carbocycles. The molecular formula is C11H10BrFN2O3. The standard InChI is InChI=1S/C11H10BrFN2O3/c1-16-7-3-5(12)10(13)9(11(7)17-2)6-4-8(14)15-18-6/h3-4H,1-2H3,(H2,14,15). The van der Waals surface area contributed by atoms with E-state index in [0.29, 0.717) is 5.75 Å². The molecule has 18 heavy (non-hydrogen) atoms. The third-order valence-corrected chi connectivity index (χ3v) is 2.91. The van der Waals surface area contributed by atoms with Gasteiger partial charge in [0.1, 0.15) is 5.56 Å². The second-order valence-corrected chi connectivity index (χ2v) is 4.25. The maximum atomic E-state index is 14.1. The van der Waals surface area contributed by atoms with Gasteiger partial charge in [0, 0.05) is 12.1 Å². The number of aromatic nitrogens is 1. The second kappa shape index (κ2) is 4.85. The third kappa shape index (κ3) is 2.01. The van der Waals surface area contributed by atoms with Crippen LogP contribution in [0.15, 0.2) is 21.1 Å². The molecule has 2 rings (SSSR count). The topological polar surface area (TPSA) is 70.5 Å². The van der Waals surface area contributed by atoms with Gasteiger partial charge in [-0.1, -0.05) is 5.16 Å². The molecule has 0 spiro atoms. The fraction of sp³-hybridized carbons (Fsp3) is 0.182. The van der Waals surface area contributed by atoms with Crippen LogP contribution in [0, 0.1) is 5.82 Å². The van der Waals surface area contributed by atoms with E-state index in [1.165, 1.54) is 26.4 Å². The summed E-state index contributed by atoms with van der Waals surface area (Å²) >= 11 is 3.10. The van der Waals surface area contributed by atoms with Crippen molar-refractivity contribution in [3.05, 3.63) is 22.4 Å². The highest BCUT2D eigenvalue weighted by molar-refractivity contribution is 9.10. The fourth-order valence-electron chi connectivity index (χ4n) is 1.57. The molecule has 0 amide bonds. The molecule has 0 unspecified atom stereocenters. The highest BCUT2D eigenvalue weighted by Gasteiger charge is 2.23. The Labute approximate surface area is 111 Å². The zero-order valence-electron chi connectivity index (χ0n) is 9.66. The van der Waals surface area contributed by atoms with E-state index in [1.54, 1.807) is 0 Å². The molecule has 0 aliphatic rings. The van der Waals surface area contributed by atoms with Gasteiger partial charge < -0.3 is 19.7 Å². The lowest BCUT2D eigenvalue weighted by molar-refractivity contribution is 0.350. The molecule has 0 aliphatic heterocycles. The summed E-state index contributed by atoms with van der Waals surface area (Å²) in [5.41, 5.74) is 5.56. The molecule has 0 saturated heterocycles. The molecule has 96 valence electrons. The molecule has 0 bridgehead atoms. The number of hydrogen-bond acceptors (Lipinski definition) is 5. The van der Waals surface area contributed by atoms with Gasteiger partial charge in [-0.2, -0.15) is 0 Å². The summed E-state index contributed by atoms with van der Waals surface area (Å²) in [6.07, 6.45) is 0. The van der Waals surface area contributed by atoms with E-state index in [1.807, 2.05) is 0 Å². The van der Waals surface area contributed by atoms with E-state index in [9.17, 15) is 4.39 Å². The fourth-order valence-corrected chi connectivity index (χ4v) is 1.97. The predicted octanol–water partition coefficient (Wildman–Crippen LogP) is 2.84. The largest absolute Gasteiger partial charge is 0.493 e. The van der Waals surface area contributed by atoms with Gasteiger partial charge in [-0.3, -0.25) is 0 Å². The minimum atomic E-state index is -0.538. The number of rotatable bonds is 3. The van der Waals surface area contributed by atoms with Crippen molar-refractivity contribution in [2.45, 2.75) is 0 Å². The van der Waals surface area contributed by atoms with Crippen LogP contribution in [-0.4, -0.2) is 19.4 Å². The molecule has 0 fully saturated rings. The molecule has 0 aliphatic carbocycles. The summed E-state index contributed by atoms with van der Waals surface area (Å²) < 4.78 is 29.6. The normalized spacial score (nSPS) is 10.4. The van der Waals surface area contributed by atoms with E-state index in [0.717, 1.165) is 0 Å². The first-order valence-corrected chi connectivity index (χ1v) is 5.70. The predicted molar refractivity (Wildman–Crippen MR) is 67.1 cm³/mol. The lowest BCUT2D eigenvalue weighted by Crippen LogP contribution is -1.96. The van der Waals surface area contributed by atoms with E-state index < -0.39 is 5.82 Å². The number of anilines is 1. The van der Waals surface area contributed by atoms with Crippen molar-refractivity contribution in [3.63, 3.8) is 0 Å². The molecule has 0 radical (unpaired) electrons. The number of methoxy groups -OCH3 is 2. The Hall–Kier alpha value is -1.76. The Morgan fingerprint density at radius 2 is 2.06 bits per heavy atom. The molecule has 2 N–H and O–H groups in total. The van der Waals surface area contributed by atoms with Crippen LogP contribution in [0.1, 0.15) is 0 Å². The maximum Gasteiger partial charge on any atom is 0.175 e. The van der Waals surface area contributed by atoms with Crippen molar-refractivity contribution in [3.8, 4) is 22.8 Å². The summed E-state index contributed by atoms with van der Waals surface area (Å²) in [5.74, 6) is 0.376. The maximum absolute atomic E-state index is 14.1. The van der Waals surface area contributed by atoms with Crippen molar-refractivity contribution >= 4 is 21.7 Å². The van der Waals surface area contributed by atoms with Gasteiger partial charge in [-0.05, 0) is 15.9 Å². The zero-order valence-corrected chi connectivity index (χ0v) is 11.2. The van der Waals surface area contributed by atoms with E-state index >= 15 is 0 Å². The monoisotopic (exact) mass is 316 g/mol. The number of hydrogen-bond donors (Lipinski definition) is 1. The molecule has 0 atom stereocenters. The average molecular weight is 317 g/mol. The van der Waals surface area contributed by atoms with E-state index in [2.05, 4.69) is 21.1 Å². The molecular weight excluding hydrogens is 307 g/mol. The number of benzene rings is 1. The van der Waals surface area contributed by atoms with Crippen LogP contribution in [0.5, 0.6) is 11.5 Å². The van der Waals surface area contributed by atoms with E-state index in [4.69, 9.17) is 19.7 Å². The van der Waals surface area contributed by atoms with Gasteiger partial charge in [0.25, 0.3) is 0 Å². The Bertz CT molecular complexity index is 586. The van der Waals surface area contributed by atoms with Crippen molar-refractivity contribution in [2.75, 3.05) is 20.0 Å². The molecule has 1 heterocycles. The number of halogens is 2. The van der Waals surface area contributed by atoms with Gasteiger partial charge in [0.05, 0.1) is 18.7 Å². The first-order valence-electron chi connectivity index (χ1n) is 4.91. The van der Waals surface area contributed by atoms with Crippen LogP contribution in [0.3, 0.4) is 0 Å². The lowest BCUT2D eigenvalue weighted by Gasteiger charge is -2.12. The minimum absolute atomic E-state index is 0.105. The molecule has 1 aromatic carbocycles. The van der Waals surface area contributed by atoms with Crippen molar-refractivity contribution in [1.29, 1.82) is 0 Å². The summed E-state index contributed by atoms with van der Waals surface area (Å²) in [6, 6.07) is 2.88. The summed E-state index contributed by atoms with van der Waals surface area (Å²) in [5, 5.41) is 3.52. The van der Waals surface area contributed by atoms with Gasteiger partial charge in [-0.25, -0.2) is 4.39 Å². The van der Waals surface area contributed by atoms with Crippen molar-refractivity contribution in [1.82, 2.24) is 5.16 Å². The minimum Gasteiger partial charge on any atom is -0.493 e. The SMILES string of the molecule is COc1cc(Br)c(F)c(-c2cc(N)no2)c1OC. The van der Waals surface area contributed by atoms with Crippen LogP contribution in [0.2, 0.25) is 0 Å². The quantitative estimate of drug-likeness (QED) is 0.942. The van der Waals surface area contributed by atoms with Crippen LogP contribution in [0.25, 0.3) is 11.3 Å². The van der Waals surface area contributed by atoms with Crippen LogP contribution >= 0.6 is 15.9 Å². The van der Waals surface area contributed by atoms with Crippen molar-refractivity contribution in [2.24, 2.45) is 0 Å². The Morgan fingerprint density at radius 3 is 2.56 bits per heavy atom. The first kappa shape index (κ1) is 12.7. The van der Waals surface area contributed by atoms with E-state index in [-0.39, 0.29) is 27.4 Å². The number of nitrogens with two attached hydrogens (primary N) is 1. The summed E-state index contributed by atoms with van der Waals surface area (Å²) in [6.45, 7) is 0. The number of nitrogen functional groups attached to an aromatic ring is 1. The lowest BCUT2D eigenvalue weighted by atomic mass is 10.1. The van der Waals surface area contributed by atoms with Crippen LogP contribution < -0.4 is 15.2 Å². The van der Waals surface area contributed by atoms with Crippen molar-refractivity contribution < 1.29 is 18.4 Å². The van der Waals surface area contributed by atoms with Gasteiger partial charge in [-0.15, -0.1) is 0 Å². The van der Waals surface area contributed by atoms with Gasteiger partial charge >= 0.3 is 0 Å². The average Bonchev–Trinajstić information content (AvgIpc) is 2.78. The molecule has 1 aromatic heterocycles. The van der Waals surface area contributed by atoms with Gasteiger partial charge in [0.15, 0.2) is 28.9 Å². The summed E-state index contributed by atoms with van der Waals surface area (Å²) in [7, 11) is 2.87. The molecule has 7 heteroatoms. The highest BCUT2D eigenvalue weighted by Crippen LogP contribution is 2.43. The summed E-state index contributed by atoms with van der Waals surface area (Å²) in [4.78, 5) is 0. The smallest absolute Gasteiger partial charge is 0.175 e. The number of ether oxygens (including phenoxy) is 2. The first-order chi connectivity index (χ1) is 8.58. The highest BCUT2D eigenvalue weighted by atomic mass is 79.9. The van der Waals surface area contributed by atoms with Gasteiger partial charge in [0.2, 0.25) is 0 Å². The van der Waals surface area contributed by atoms with Crippen LogP contribution in [-0.2, 0) is 0 Å². The Morgan fingerprint density at radius 1 is 1.33 bits per heavy atom. The number of nitrogens with zero attached hydrogens (tertiary/aromatic N) is 1. The molecule has 2 aromatic rings. The third-order valence-electron chi connectivity index (χ3n) is 2.34.